The summed E-state index contributed by atoms with van der Waals surface area (Å²) in [6.07, 6.45) is 3.24. The number of pyridine rings is 2. The number of ether oxygens (including phenoxy) is 1. The number of thiophene rings is 1. The van der Waals surface area contributed by atoms with Crippen molar-refractivity contribution in [2.75, 3.05) is 17.3 Å². The number of aryl methyl sites for hydroxylation is 1. The normalized spacial score (nSPS) is 12.6. The lowest BCUT2D eigenvalue weighted by atomic mass is 10.1. The average molecular weight is 431 g/mol. The minimum atomic E-state index is -0.370. The topological polar surface area (TPSA) is 96.5 Å². The lowest BCUT2D eigenvalue weighted by molar-refractivity contribution is 0.0968. The Morgan fingerprint density at radius 3 is 2.71 bits per heavy atom. The molecule has 1 aliphatic rings. The molecule has 4 aromatic rings. The van der Waals surface area contributed by atoms with Gasteiger partial charge < -0.3 is 15.4 Å². The summed E-state index contributed by atoms with van der Waals surface area (Å²) in [5.41, 5.74) is 2.56. The van der Waals surface area contributed by atoms with Crippen LogP contribution in [-0.2, 0) is 0 Å². The van der Waals surface area contributed by atoms with E-state index in [9.17, 15) is 9.59 Å². The molecule has 0 radical (unpaired) electrons. The molecule has 5 rings (SSSR count). The highest BCUT2D eigenvalue weighted by Gasteiger charge is 2.33. The predicted molar refractivity (Wildman–Crippen MR) is 120 cm³/mol. The summed E-state index contributed by atoms with van der Waals surface area (Å²) in [5, 5.41) is 6.20. The number of benzene rings is 1. The smallest absolute Gasteiger partial charge is 0.331 e. The monoisotopic (exact) mass is 431 g/mol. The van der Waals surface area contributed by atoms with E-state index in [1.54, 1.807) is 36.5 Å². The van der Waals surface area contributed by atoms with Gasteiger partial charge in [-0.15, -0.1) is 11.3 Å². The van der Waals surface area contributed by atoms with Crippen molar-refractivity contribution in [1.29, 1.82) is 0 Å². The zero-order valence-electron chi connectivity index (χ0n) is 16.7. The molecule has 9 heteroatoms. The number of hydrogen-bond acceptors (Lipinski definition) is 6. The van der Waals surface area contributed by atoms with Crippen molar-refractivity contribution in [3.63, 3.8) is 0 Å². The second-order valence-corrected chi connectivity index (χ2v) is 7.88. The summed E-state index contributed by atoms with van der Waals surface area (Å²) >= 11 is 1.24. The van der Waals surface area contributed by atoms with E-state index in [-0.39, 0.29) is 11.9 Å². The number of para-hydroxylation sites is 1. The number of anilines is 3. The quantitative estimate of drug-likeness (QED) is 0.482. The SMILES string of the molecule is CNC(=O)c1sc2nccc3c2c1NC(=O)N3c1cnc(Oc2ccccc2)cc1C. The fourth-order valence-corrected chi connectivity index (χ4v) is 4.58. The lowest BCUT2D eigenvalue weighted by Gasteiger charge is -2.29. The second-order valence-electron chi connectivity index (χ2n) is 6.89. The van der Waals surface area contributed by atoms with Crippen molar-refractivity contribution in [3.05, 3.63) is 65.3 Å². The highest BCUT2D eigenvalue weighted by Crippen LogP contribution is 2.46. The number of carbonyl (C=O) groups is 2. The van der Waals surface area contributed by atoms with E-state index in [2.05, 4.69) is 20.6 Å². The zero-order valence-corrected chi connectivity index (χ0v) is 17.5. The van der Waals surface area contributed by atoms with Crippen LogP contribution in [0.5, 0.6) is 11.6 Å². The van der Waals surface area contributed by atoms with Crippen molar-refractivity contribution >= 4 is 50.6 Å². The van der Waals surface area contributed by atoms with Crippen LogP contribution < -0.4 is 20.3 Å². The Labute approximate surface area is 181 Å². The van der Waals surface area contributed by atoms with Gasteiger partial charge in [-0.1, -0.05) is 18.2 Å². The minimum absolute atomic E-state index is 0.266. The molecule has 0 unspecified atom stereocenters. The maximum atomic E-state index is 13.1. The third kappa shape index (κ3) is 3.15. The highest BCUT2D eigenvalue weighted by molar-refractivity contribution is 7.21. The van der Waals surface area contributed by atoms with E-state index < -0.39 is 0 Å². The molecular weight excluding hydrogens is 414 g/mol. The summed E-state index contributed by atoms with van der Waals surface area (Å²) in [6, 6.07) is 12.5. The molecule has 8 nitrogen and oxygen atoms in total. The number of aromatic nitrogens is 2. The Morgan fingerprint density at radius 1 is 1.16 bits per heavy atom. The summed E-state index contributed by atoms with van der Waals surface area (Å²) in [6.45, 7) is 1.89. The molecule has 0 spiro atoms. The van der Waals surface area contributed by atoms with Gasteiger partial charge in [-0.05, 0) is 30.7 Å². The minimum Gasteiger partial charge on any atom is -0.439 e. The van der Waals surface area contributed by atoms with Gasteiger partial charge in [-0.2, -0.15) is 0 Å². The van der Waals surface area contributed by atoms with Gasteiger partial charge in [0.15, 0.2) is 0 Å². The van der Waals surface area contributed by atoms with E-state index in [4.69, 9.17) is 4.74 Å². The molecule has 0 atom stereocenters. The first-order chi connectivity index (χ1) is 15.1. The van der Waals surface area contributed by atoms with Crippen LogP contribution in [0.3, 0.4) is 0 Å². The van der Waals surface area contributed by atoms with E-state index in [0.29, 0.717) is 38.4 Å². The molecule has 0 saturated heterocycles. The largest absolute Gasteiger partial charge is 0.439 e. The molecule has 4 heterocycles. The number of amides is 3. The van der Waals surface area contributed by atoms with Crippen molar-refractivity contribution in [2.24, 2.45) is 0 Å². The molecular formula is C22H17N5O3S. The van der Waals surface area contributed by atoms with Crippen LogP contribution in [0.15, 0.2) is 54.9 Å². The Morgan fingerprint density at radius 2 is 1.97 bits per heavy atom. The van der Waals surface area contributed by atoms with Crippen LogP contribution in [0.4, 0.5) is 21.9 Å². The molecule has 1 aliphatic heterocycles. The maximum absolute atomic E-state index is 13.1. The highest BCUT2D eigenvalue weighted by atomic mass is 32.1. The van der Waals surface area contributed by atoms with E-state index >= 15 is 0 Å². The number of hydrogen-bond donors (Lipinski definition) is 2. The third-order valence-corrected chi connectivity index (χ3v) is 6.04. The first kappa shape index (κ1) is 19.0. The second kappa shape index (κ2) is 7.37. The fraction of sp³-hybridized carbons (Fsp3) is 0.0909. The van der Waals surface area contributed by atoms with Gasteiger partial charge in [-0.25, -0.2) is 14.8 Å². The van der Waals surface area contributed by atoms with Crippen molar-refractivity contribution in [1.82, 2.24) is 15.3 Å². The number of nitrogens with one attached hydrogen (secondary N) is 2. The summed E-state index contributed by atoms with van der Waals surface area (Å²) in [4.78, 5) is 36.8. The van der Waals surface area contributed by atoms with Crippen molar-refractivity contribution in [3.8, 4) is 11.6 Å². The van der Waals surface area contributed by atoms with Gasteiger partial charge in [0.2, 0.25) is 5.88 Å². The molecule has 3 amide bonds. The van der Waals surface area contributed by atoms with Gasteiger partial charge in [0, 0.05) is 19.3 Å². The summed E-state index contributed by atoms with van der Waals surface area (Å²) < 4.78 is 5.80. The van der Waals surface area contributed by atoms with Gasteiger partial charge in [0.05, 0.1) is 28.6 Å². The van der Waals surface area contributed by atoms with E-state index in [0.717, 1.165) is 10.9 Å². The Hall–Kier alpha value is -3.98. The van der Waals surface area contributed by atoms with Gasteiger partial charge in [0.1, 0.15) is 15.5 Å². The van der Waals surface area contributed by atoms with Gasteiger partial charge in [0.25, 0.3) is 5.91 Å². The number of urea groups is 1. The zero-order chi connectivity index (χ0) is 21.5. The number of rotatable bonds is 4. The molecule has 2 N–H and O–H groups in total. The van der Waals surface area contributed by atoms with E-state index in [1.165, 1.54) is 11.3 Å². The standard InChI is InChI=1S/C22H17N5O3S/c1-12-10-16(30-13-6-4-3-5-7-13)25-11-15(12)27-14-8-9-24-21-17(14)18(26-22(27)29)19(31-21)20(28)23-2/h3-11H,1-2H3,(H,23,28)(H,26,29). The van der Waals surface area contributed by atoms with Gasteiger partial charge >= 0.3 is 6.03 Å². The van der Waals surface area contributed by atoms with Crippen LogP contribution in [-0.4, -0.2) is 29.0 Å². The predicted octanol–water partition coefficient (Wildman–Crippen LogP) is 4.84. The Kier molecular flexibility index (Phi) is 4.52. The third-order valence-electron chi connectivity index (χ3n) is 4.94. The molecule has 3 aromatic heterocycles. The first-order valence-corrected chi connectivity index (χ1v) is 10.3. The lowest BCUT2D eigenvalue weighted by Crippen LogP contribution is -2.35. The number of carbonyl (C=O) groups excluding carboxylic acids is 2. The fourth-order valence-electron chi connectivity index (χ4n) is 3.52. The molecule has 0 fully saturated rings. The van der Waals surface area contributed by atoms with Crippen LogP contribution in [0.1, 0.15) is 15.2 Å². The maximum Gasteiger partial charge on any atom is 0.331 e. The number of nitrogens with zero attached hydrogens (tertiary/aromatic N) is 3. The van der Waals surface area contributed by atoms with Gasteiger partial charge in [-0.3, -0.25) is 9.69 Å². The van der Waals surface area contributed by atoms with Crippen molar-refractivity contribution < 1.29 is 14.3 Å². The average Bonchev–Trinajstić information content (AvgIpc) is 3.14. The molecule has 0 saturated carbocycles. The molecule has 31 heavy (non-hydrogen) atoms. The Balaban J connectivity index is 1.58. The molecule has 154 valence electrons. The van der Waals surface area contributed by atoms with Crippen molar-refractivity contribution in [2.45, 2.75) is 6.92 Å². The van der Waals surface area contributed by atoms with Crippen LogP contribution in [0.2, 0.25) is 0 Å². The first-order valence-electron chi connectivity index (χ1n) is 9.51. The van der Waals surface area contributed by atoms with E-state index in [1.807, 2.05) is 37.3 Å². The Bertz CT molecular complexity index is 1340. The van der Waals surface area contributed by atoms with Crippen LogP contribution in [0.25, 0.3) is 10.2 Å². The molecule has 1 aromatic carbocycles. The summed E-state index contributed by atoms with van der Waals surface area (Å²) in [5.74, 6) is 0.846. The van der Waals surface area contributed by atoms with Crippen LogP contribution >= 0.6 is 11.3 Å². The summed E-state index contributed by atoms with van der Waals surface area (Å²) in [7, 11) is 1.55. The molecule has 0 bridgehead atoms. The molecule has 0 aliphatic carbocycles. The van der Waals surface area contributed by atoms with Crippen LogP contribution in [0, 0.1) is 6.92 Å².